The van der Waals surface area contributed by atoms with Crippen LogP contribution in [0, 0.1) is 41.4 Å². The molecule has 0 bridgehead atoms. The fourth-order valence-electron chi connectivity index (χ4n) is 7.71. The Kier molecular flexibility index (Phi) is 11.1. The summed E-state index contributed by atoms with van der Waals surface area (Å²) < 4.78 is 36.8. The van der Waals surface area contributed by atoms with E-state index in [0.717, 1.165) is 49.4 Å². The fourth-order valence-corrected chi connectivity index (χ4v) is 7.71. The number of halogens is 2. The first-order valence-corrected chi connectivity index (χ1v) is 15.0. The van der Waals surface area contributed by atoms with Crippen molar-refractivity contribution >= 4 is 0 Å². The maximum atomic E-state index is 12.3. The lowest BCUT2D eigenvalue weighted by Crippen LogP contribution is -2.37. The normalized spacial score (nSPS) is 38.9. The standard InChI is InChI=1S/C31H50F2O2/c1-2-4-23-7-9-25(10-8-23)13-20-31-34-21-29(22-35-31)28-18-16-27(17-19-28)26-14-11-24(12-15-26)5-3-6-30(32)33/h6,13,20,23-29,31H,2-5,7-12,14-19,21-22H2,1H3/b20-13+. The van der Waals surface area contributed by atoms with E-state index in [2.05, 4.69) is 19.1 Å². The van der Waals surface area contributed by atoms with Gasteiger partial charge in [-0.05, 0) is 125 Å². The molecule has 1 saturated heterocycles. The largest absolute Gasteiger partial charge is 0.349 e. The van der Waals surface area contributed by atoms with E-state index >= 15 is 0 Å². The average Bonchev–Trinajstić information content (AvgIpc) is 2.89. The third kappa shape index (κ3) is 8.66. The van der Waals surface area contributed by atoms with Crippen molar-refractivity contribution < 1.29 is 18.3 Å². The molecule has 1 heterocycles. The average molecular weight is 493 g/mol. The van der Waals surface area contributed by atoms with Gasteiger partial charge in [0.25, 0.3) is 6.08 Å². The predicted molar refractivity (Wildman–Crippen MR) is 139 cm³/mol. The van der Waals surface area contributed by atoms with Crippen LogP contribution in [0.25, 0.3) is 0 Å². The quantitative estimate of drug-likeness (QED) is 0.299. The molecule has 0 unspecified atom stereocenters. The Morgan fingerprint density at radius 3 is 1.74 bits per heavy atom. The smallest absolute Gasteiger partial charge is 0.266 e. The van der Waals surface area contributed by atoms with Crippen LogP contribution in [0.15, 0.2) is 24.3 Å². The summed E-state index contributed by atoms with van der Waals surface area (Å²) in [6.07, 6.45) is 24.1. The Hall–Kier alpha value is -0.740. The minimum atomic E-state index is -1.52. The molecule has 4 heteroatoms. The van der Waals surface area contributed by atoms with E-state index in [0.29, 0.717) is 24.2 Å². The van der Waals surface area contributed by atoms with Gasteiger partial charge >= 0.3 is 0 Å². The lowest BCUT2D eigenvalue weighted by molar-refractivity contribution is -0.186. The highest BCUT2D eigenvalue weighted by atomic mass is 19.3. The lowest BCUT2D eigenvalue weighted by Gasteiger charge is -2.41. The van der Waals surface area contributed by atoms with E-state index in [1.165, 1.54) is 89.9 Å². The third-order valence-corrected chi connectivity index (χ3v) is 9.99. The molecule has 200 valence electrons. The monoisotopic (exact) mass is 492 g/mol. The van der Waals surface area contributed by atoms with Gasteiger partial charge in [-0.3, -0.25) is 0 Å². The molecule has 0 N–H and O–H groups in total. The van der Waals surface area contributed by atoms with Crippen molar-refractivity contribution in [1.82, 2.24) is 0 Å². The fraction of sp³-hybridized carbons (Fsp3) is 0.871. The molecule has 4 rings (SSSR count). The van der Waals surface area contributed by atoms with Gasteiger partial charge in [-0.25, -0.2) is 0 Å². The summed E-state index contributed by atoms with van der Waals surface area (Å²) in [7, 11) is 0. The van der Waals surface area contributed by atoms with Crippen LogP contribution in [-0.2, 0) is 9.47 Å². The zero-order valence-electron chi connectivity index (χ0n) is 22.2. The molecule has 0 radical (unpaired) electrons. The minimum absolute atomic E-state index is 0.136. The van der Waals surface area contributed by atoms with Gasteiger partial charge in [0, 0.05) is 5.92 Å². The number of rotatable bonds is 9. The van der Waals surface area contributed by atoms with Gasteiger partial charge in [0.2, 0.25) is 0 Å². The minimum Gasteiger partial charge on any atom is -0.349 e. The van der Waals surface area contributed by atoms with Crippen LogP contribution in [0.4, 0.5) is 8.78 Å². The Morgan fingerprint density at radius 2 is 1.17 bits per heavy atom. The second-order valence-electron chi connectivity index (χ2n) is 12.3. The first-order valence-electron chi connectivity index (χ1n) is 15.0. The van der Waals surface area contributed by atoms with E-state index in [1.807, 2.05) is 0 Å². The highest BCUT2D eigenvalue weighted by Gasteiger charge is 2.35. The van der Waals surface area contributed by atoms with Crippen LogP contribution in [0.2, 0.25) is 0 Å². The van der Waals surface area contributed by atoms with Gasteiger partial charge in [0.05, 0.1) is 13.2 Å². The number of allylic oxidation sites excluding steroid dienone is 2. The summed E-state index contributed by atoms with van der Waals surface area (Å²) in [6.45, 7) is 4.01. The zero-order valence-corrected chi connectivity index (χ0v) is 22.2. The number of hydrogen-bond acceptors (Lipinski definition) is 2. The third-order valence-electron chi connectivity index (χ3n) is 9.99. The van der Waals surface area contributed by atoms with Crippen LogP contribution in [0.5, 0.6) is 0 Å². The Bertz CT molecular complexity index is 641. The van der Waals surface area contributed by atoms with E-state index in [1.54, 1.807) is 0 Å². The molecule has 35 heavy (non-hydrogen) atoms. The van der Waals surface area contributed by atoms with Crippen LogP contribution < -0.4 is 0 Å². The van der Waals surface area contributed by atoms with Gasteiger partial charge in [-0.1, -0.05) is 38.7 Å². The molecule has 0 amide bonds. The second kappa shape index (κ2) is 14.3. The van der Waals surface area contributed by atoms with Gasteiger partial charge < -0.3 is 9.47 Å². The van der Waals surface area contributed by atoms with Crippen molar-refractivity contribution in [2.75, 3.05) is 13.2 Å². The molecule has 3 aliphatic carbocycles. The summed E-state index contributed by atoms with van der Waals surface area (Å²) in [4.78, 5) is 0. The molecule has 0 atom stereocenters. The molecular weight excluding hydrogens is 442 g/mol. The Balaban J connectivity index is 1.09. The molecule has 2 nitrogen and oxygen atoms in total. The van der Waals surface area contributed by atoms with Crippen molar-refractivity contribution in [2.24, 2.45) is 41.4 Å². The maximum Gasteiger partial charge on any atom is 0.266 e. The SMILES string of the molecule is CCCC1CCC(/C=C/C2OCC(C3CCC(C4CCC(CCC=C(F)F)CC4)CC3)CO2)CC1. The van der Waals surface area contributed by atoms with Crippen molar-refractivity contribution in [3.05, 3.63) is 24.3 Å². The first-order chi connectivity index (χ1) is 17.1. The van der Waals surface area contributed by atoms with Gasteiger partial charge in [-0.15, -0.1) is 0 Å². The topological polar surface area (TPSA) is 18.5 Å². The van der Waals surface area contributed by atoms with E-state index in [-0.39, 0.29) is 6.29 Å². The molecule has 4 fully saturated rings. The summed E-state index contributed by atoms with van der Waals surface area (Å²) in [5.74, 6) is 5.39. The van der Waals surface area contributed by atoms with Crippen LogP contribution in [0.1, 0.15) is 110 Å². The summed E-state index contributed by atoms with van der Waals surface area (Å²) >= 11 is 0. The van der Waals surface area contributed by atoms with E-state index in [4.69, 9.17) is 9.47 Å². The van der Waals surface area contributed by atoms with Gasteiger partial charge in [0.1, 0.15) is 0 Å². The van der Waals surface area contributed by atoms with Crippen molar-refractivity contribution in [3.63, 3.8) is 0 Å². The molecule has 4 aliphatic rings. The highest BCUT2D eigenvalue weighted by Crippen LogP contribution is 2.44. The second-order valence-corrected chi connectivity index (χ2v) is 12.3. The van der Waals surface area contributed by atoms with Crippen LogP contribution in [-0.4, -0.2) is 19.5 Å². The number of ether oxygens (including phenoxy) is 2. The molecule has 0 aromatic rings. The van der Waals surface area contributed by atoms with Gasteiger partial charge in [0.15, 0.2) is 6.29 Å². The predicted octanol–water partition coefficient (Wildman–Crippen LogP) is 9.31. The lowest BCUT2D eigenvalue weighted by atomic mass is 9.67. The first kappa shape index (κ1) is 27.3. The zero-order chi connectivity index (χ0) is 24.5. The van der Waals surface area contributed by atoms with Crippen molar-refractivity contribution in [3.8, 4) is 0 Å². The summed E-state index contributed by atoms with van der Waals surface area (Å²) in [5.41, 5.74) is 0. The molecule has 0 aromatic heterocycles. The molecule has 3 saturated carbocycles. The van der Waals surface area contributed by atoms with E-state index in [9.17, 15) is 8.78 Å². The van der Waals surface area contributed by atoms with Crippen LogP contribution >= 0.6 is 0 Å². The molecular formula is C31H50F2O2. The van der Waals surface area contributed by atoms with E-state index < -0.39 is 6.08 Å². The van der Waals surface area contributed by atoms with Crippen molar-refractivity contribution in [2.45, 2.75) is 116 Å². The Labute approximate surface area is 213 Å². The van der Waals surface area contributed by atoms with Crippen LogP contribution in [0.3, 0.4) is 0 Å². The summed E-state index contributed by atoms with van der Waals surface area (Å²) in [5, 5.41) is 0. The molecule has 0 spiro atoms. The number of hydrogen-bond donors (Lipinski definition) is 0. The maximum absolute atomic E-state index is 12.3. The molecule has 1 aliphatic heterocycles. The Morgan fingerprint density at radius 1 is 0.657 bits per heavy atom. The summed E-state index contributed by atoms with van der Waals surface area (Å²) in [6, 6.07) is 0. The molecule has 0 aromatic carbocycles. The van der Waals surface area contributed by atoms with Gasteiger partial charge in [-0.2, -0.15) is 8.78 Å². The highest BCUT2D eigenvalue weighted by molar-refractivity contribution is 4.94. The van der Waals surface area contributed by atoms with Crippen molar-refractivity contribution in [1.29, 1.82) is 0 Å².